The van der Waals surface area contributed by atoms with Gasteiger partial charge < -0.3 is 0 Å². The summed E-state index contributed by atoms with van der Waals surface area (Å²) in [5.74, 6) is 0. The van der Waals surface area contributed by atoms with Crippen LogP contribution in [0, 0.1) is 0 Å². The van der Waals surface area contributed by atoms with Gasteiger partial charge in [-0.2, -0.15) is 0 Å². The van der Waals surface area contributed by atoms with Gasteiger partial charge in [0, 0.05) is 0 Å². The van der Waals surface area contributed by atoms with Crippen LogP contribution in [0.15, 0.2) is 109 Å². The molecule has 0 aliphatic heterocycles. The van der Waals surface area contributed by atoms with E-state index in [-0.39, 0.29) is 0 Å². The molecule has 0 aromatic heterocycles. The van der Waals surface area contributed by atoms with Crippen LogP contribution < -0.4 is 21.5 Å². The van der Waals surface area contributed by atoms with E-state index in [4.69, 9.17) is 0 Å². The third kappa shape index (κ3) is 14.4. The van der Waals surface area contributed by atoms with Crippen LogP contribution in [0.4, 0.5) is 0 Å². The van der Waals surface area contributed by atoms with Crippen molar-refractivity contribution in [1.29, 1.82) is 0 Å². The molecule has 3 heteroatoms. The van der Waals surface area contributed by atoms with Gasteiger partial charge in [0.25, 0.3) is 0 Å². The van der Waals surface area contributed by atoms with E-state index in [1.807, 2.05) is 0 Å². The topological polar surface area (TPSA) is 0 Å². The van der Waals surface area contributed by atoms with E-state index < -0.39 is 63.4 Å². The summed E-state index contributed by atoms with van der Waals surface area (Å²) in [5, 5.41) is 0. The van der Waals surface area contributed by atoms with E-state index in [1.54, 1.807) is 88.2 Å². The van der Waals surface area contributed by atoms with Crippen LogP contribution in [0.25, 0.3) is 0 Å². The second-order valence-electron chi connectivity index (χ2n) is 16.3. The fourth-order valence-corrected chi connectivity index (χ4v) is 25.3. The monoisotopic (exact) mass is 1160 g/mol. The molecule has 0 spiro atoms. The van der Waals surface area contributed by atoms with Crippen molar-refractivity contribution < 1.29 is 0 Å². The van der Waals surface area contributed by atoms with Crippen LogP contribution in [0.3, 0.4) is 0 Å². The summed E-state index contributed by atoms with van der Waals surface area (Å²) < 4.78 is 10.4. The molecule has 6 aromatic rings. The molecule has 0 atom stereocenters. The SMILES string of the molecule is CCc1cccc(CC)[c]1[Sn][c]1c(CC)cccc1CC.CCc1cccc(CC)[c]1[Sn][c]1c(CC)cccc1CC.CCc1cccc(CC)[c]1[Sn][c]1c(CC)cccc1CC. The van der Waals surface area contributed by atoms with Crippen LogP contribution in [-0.2, 0) is 77.0 Å². The molecule has 330 valence electrons. The van der Waals surface area contributed by atoms with Gasteiger partial charge in [-0.15, -0.1) is 0 Å². The Morgan fingerprint density at radius 3 is 0.365 bits per heavy atom. The molecule has 0 amide bonds. The zero-order valence-corrected chi connectivity index (χ0v) is 49.9. The number of hydrogen-bond donors (Lipinski definition) is 0. The maximum atomic E-state index is 2.34. The van der Waals surface area contributed by atoms with Crippen LogP contribution in [0.1, 0.15) is 150 Å². The van der Waals surface area contributed by atoms with Gasteiger partial charge in [-0.3, -0.25) is 0 Å². The zero-order valence-electron chi connectivity index (χ0n) is 41.4. The second kappa shape index (κ2) is 28.7. The first-order chi connectivity index (χ1) is 30.7. The number of rotatable bonds is 18. The Hall–Kier alpha value is -2.28. The van der Waals surface area contributed by atoms with Crippen molar-refractivity contribution >= 4 is 84.9 Å². The molecular weight excluding hydrogens is 1080 g/mol. The van der Waals surface area contributed by atoms with Crippen molar-refractivity contribution in [3.63, 3.8) is 0 Å². The normalized spacial score (nSPS) is 10.9. The van der Waals surface area contributed by atoms with Crippen LogP contribution in [-0.4, -0.2) is 63.4 Å². The van der Waals surface area contributed by atoms with Gasteiger partial charge in [0.1, 0.15) is 0 Å². The maximum absolute atomic E-state index is 2.34. The van der Waals surface area contributed by atoms with Crippen molar-refractivity contribution in [2.24, 2.45) is 0 Å². The minimum atomic E-state index is -0.728. The fraction of sp³-hybridized carbons (Fsp3) is 0.400. The van der Waals surface area contributed by atoms with Gasteiger partial charge in [0.2, 0.25) is 0 Å². The summed E-state index contributed by atoms with van der Waals surface area (Å²) in [6.07, 6.45) is 14.0. The van der Waals surface area contributed by atoms with E-state index >= 15 is 0 Å². The third-order valence-corrected chi connectivity index (χ3v) is 28.0. The number of aryl methyl sites for hydroxylation is 12. The average Bonchev–Trinajstić information content (AvgIpc) is 3.34. The first kappa shape index (κ1) is 53.3. The standard InChI is InChI=1S/6C10H13.3Sn/c6*1-3-9-6-5-7-10(4-2)8-9;;;/h6*5-7H,3-4H2,1-2H3;;;. The summed E-state index contributed by atoms with van der Waals surface area (Å²) in [7, 11) is 0. The van der Waals surface area contributed by atoms with Gasteiger partial charge >= 0.3 is 421 Å². The van der Waals surface area contributed by atoms with E-state index in [9.17, 15) is 0 Å². The summed E-state index contributed by atoms with van der Waals surface area (Å²) >= 11 is -2.18. The molecule has 0 N–H and O–H groups in total. The van der Waals surface area contributed by atoms with Crippen molar-refractivity contribution in [3.05, 3.63) is 176 Å². The molecule has 0 bridgehead atoms. The first-order valence-corrected chi connectivity index (χ1v) is 33.3. The molecule has 63 heavy (non-hydrogen) atoms. The summed E-state index contributed by atoms with van der Waals surface area (Å²) in [6, 6.07) is 41.6. The molecule has 6 aromatic carbocycles. The fourth-order valence-electron chi connectivity index (χ4n) is 8.79. The molecule has 0 heterocycles. The molecular formula is C60H78Sn3. The van der Waals surface area contributed by atoms with Crippen molar-refractivity contribution in [2.75, 3.05) is 0 Å². The minimum absolute atomic E-state index is 0.728. The Morgan fingerprint density at radius 1 is 0.190 bits per heavy atom. The molecule has 0 unspecified atom stereocenters. The first-order valence-electron chi connectivity index (χ1n) is 24.7. The predicted octanol–water partition coefficient (Wildman–Crippen LogP) is 10.8. The summed E-state index contributed by atoms with van der Waals surface area (Å²) in [6.45, 7) is 27.5. The Bertz CT molecular complexity index is 1760. The van der Waals surface area contributed by atoms with Crippen molar-refractivity contribution in [2.45, 2.75) is 160 Å². The van der Waals surface area contributed by atoms with E-state index in [0.717, 1.165) is 0 Å². The van der Waals surface area contributed by atoms with E-state index in [2.05, 4.69) is 192 Å². The predicted molar refractivity (Wildman–Crippen MR) is 286 cm³/mol. The number of hydrogen-bond acceptors (Lipinski definition) is 0. The van der Waals surface area contributed by atoms with Gasteiger partial charge in [0.05, 0.1) is 0 Å². The second-order valence-corrected chi connectivity index (χ2v) is 27.0. The van der Waals surface area contributed by atoms with Gasteiger partial charge in [0.15, 0.2) is 0 Å². The molecule has 0 aliphatic carbocycles. The van der Waals surface area contributed by atoms with Crippen molar-refractivity contribution in [3.8, 4) is 0 Å². The van der Waals surface area contributed by atoms with Crippen molar-refractivity contribution in [1.82, 2.24) is 0 Å². The Morgan fingerprint density at radius 2 is 0.286 bits per heavy atom. The summed E-state index contributed by atoms with van der Waals surface area (Å²) in [5.41, 5.74) is 19.1. The van der Waals surface area contributed by atoms with Crippen LogP contribution in [0.5, 0.6) is 0 Å². The Kier molecular flexibility index (Phi) is 24.3. The molecule has 0 aliphatic rings. The van der Waals surface area contributed by atoms with Gasteiger partial charge in [-0.05, 0) is 0 Å². The molecule has 6 radical (unpaired) electrons. The van der Waals surface area contributed by atoms with Crippen LogP contribution >= 0.6 is 0 Å². The van der Waals surface area contributed by atoms with Gasteiger partial charge in [-0.1, -0.05) is 0 Å². The molecule has 0 saturated heterocycles. The quantitative estimate of drug-likeness (QED) is 0.0753. The molecule has 0 saturated carbocycles. The van der Waals surface area contributed by atoms with Crippen LogP contribution in [0.2, 0.25) is 0 Å². The Balaban J connectivity index is 0.000000207. The van der Waals surface area contributed by atoms with E-state index in [1.165, 1.54) is 77.0 Å². The summed E-state index contributed by atoms with van der Waals surface area (Å²) in [4.78, 5) is 0. The van der Waals surface area contributed by atoms with Gasteiger partial charge in [-0.25, -0.2) is 0 Å². The molecule has 0 fully saturated rings. The van der Waals surface area contributed by atoms with E-state index in [0.29, 0.717) is 0 Å². The third-order valence-electron chi connectivity index (χ3n) is 12.7. The molecule has 6 rings (SSSR count). The Labute approximate surface area is 417 Å². The average molecular weight is 1160 g/mol. The number of benzene rings is 6. The zero-order chi connectivity index (χ0) is 45.7. The molecule has 0 nitrogen and oxygen atoms in total.